The van der Waals surface area contributed by atoms with Crippen molar-refractivity contribution >= 4 is 17.5 Å². The molecule has 2 aromatic heterocycles. The lowest BCUT2D eigenvalue weighted by Gasteiger charge is -2.09. The minimum Gasteiger partial charge on any atom is -0.487 e. The maximum Gasteiger partial charge on any atom is 0.255 e. The number of nitrogens with zero attached hydrogens (tertiary/aromatic N) is 2. The molecule has 7 nitrogen and oxygen atoms in total. The van der Waals surface area contributed by atoms with Crippen molar-refractivity contribution in [2.75, 3.05) is 5.32 Å². The minimum absolute atomic E-state index is 0.0486. The molecule has 0 saturated heterocycles. The minimum atomic E-state index is -2.24. The van der Waals surface area contributed by atoms with Gasteiger partial charge in [0, 0.05) is 29.8 Å². The first-order valence-electron chi connectivity index (χ1n) is 8.61. The predicted molar refractivity (Wildman–Crippen MR) is 95.7 cm³/mol. The van der Waals surface area contributed by atoms with Gasteiger partial charge in [-0.15, -0.1) is 0 Å². The van der Waals surface area contributed by atoms with Crippen LogP contribution in [0.5, 0.6) is 5.75 Å². The molecule has 0 spiro atoms. The van der Waals surface area contributed by atoms with Gasteiger partial charge in [0.05, 0.1) is 14.5 Å². The second-order valence-corrected chi connectivity index (χ2v) is 5.25. The Morgan fingerprint density at radius 2 is 1.88 bits per heavy atom. The number of aromatic nitrogens is 2. The standard InChI is InChI=1S/C19H16N4O3/c20-18(24)15-9-17(11-22-10-15)26-12-13-2-1-3-16(8-13)23-19(25)14-4-6-21-7-5-14/h1-11H,12H2,(H2,20,24)(H,23,25)/i12D2. The van der Waals surface area contributed by atoms with Gasteiger partial charge >= 0.3 is 0 Å². The van der Waals surface area contributed by atoms with Gasteiger partial charge in [-0.3, -0.25) is 19.6 Å². The first-order valence-corrected chi connectivity index (χ1v) is 7.61. The molecular formula is C19H16N4O3. The van der Waals surface area contributed by atoms with Crippen LogP contribution < -0.4 is 15.8 Å². The van der Waals surface area contributed by atoms with Crippen molar-refractivity contribution in [1.82, 2.24) is 9.97 Å². The summed E-state index contributed by atoms with van der Waals surface area (Å²) in [6.07, 6.45) is 5.55. The van der Waals surface area contributed by atoms with E-state index in [1.165, 1.54) is 43.0 Å². The van der Waals surface area contributed by atoms with Gasteiger partial charge in [0.25, 0.3) is 5.91 Å². The van der Waals surface area contributed by atoms with Crippen LogP contribution in [0.2, 0.25) is 0 Å². The number of nitrogens with two attached hydrogens (primary N) is 1. The summed E-state index contributed by atoms with van der Waals surface area (Å²) in [5, 5.41) is 2.70. The topological polar surface area (TPSA) is 107 Å². The van der Waals surface area contributed by atoms with E-state index in [4.69, 9.17) is 13.2 Å². The second kappa shape index (κ2) is 7.89. The summed E-state index contributed by atoms with van der Waals surface area (Å²) in [4.78, 5) is 31.2. The highest BCUT2D eigenvalue weighted by atomic mass is 16.5. The molecule has 0 radical (unpaired) electrons. The molecular weight excluding hydrogens is 332 g/mol. The molecule has 0 fully saturated rings. The molecule has 0 saturated carbocycles. The number of amides is 2. The summed E-state index contributed by atoms with van der Waals surface area (Å²) in [6.45, 7) is -2.24. The number of anilines is 1. The number of primary amides is 1. The largest absolute Gasteiger partial charge is 0.487 e. The summed E-state index contributed by atoms with van der Waals surface area (Å²) in [6, 6.07) is 10.7. The van der Waals surface area contributed by atoms with Gasteiger partial charge in [0.1, 0.15) is 12.3 Å². The summed E-state index contributed by atoms with van der Waals surface area (Å²) < 4.78 is 21.8. The highest BCUT2D eigenvalue weighted by Crippen LogP contribution is 2.16. The van der Waals surface area contributed by atoms with Crippen molar-refractivity contribution in [2.45, 2.75) is 6.56 Å². The Balaban J connectivity index is 1.79. The van der Waals surface area contributed by atoms with Gasteiger partial charge in [-0.1, -0.05) is 12.1 Å². The van der Waals surface area contributed by atoms with Gasteiger partial charge in [-0.25, -0.2) is 0 Å². The van der Waals surface area contributed by atoms with Crippen molar-refractivity contribution in [3.8, 4) is 5.75 Å². The Morgan fingerprint density at radius 3 is 2.65 bits per heavy atom. The normalized spacial score (nSPS) is 11.8. The molecule has 0 aliphatic heterocycles. The van der Waals surface area contributed by atoms with Crippen LogP contribution in [0.4, 0.5) is 5.69 Å². The van der Waals surface area contributed by atoms with E-state index in [9.17, 15) is 9.59 Å². The van der Waals surface area contributed by atoms with Gasteiger partial charge in [-0.05, 0) is 35.9 Å². The Kier molecular flexibility index (Phi) is 4.43. The zero-order chi connectivity index (χ0) is 20.1. The van der Waals surface area contributed by atoms with Crippen LogP contribution in [0.15, 0.2) is 67.3 Å². The maximum absolute atomic E-state index is 12.3. The van der Waals surface area contributed by atoms with E-state index in [1.807, 2.05) is 0 Å². The molecule has 0 bridgehead atoms. The molecule has 130 valence electrons. The molecule has 0 atom stereocenters. The van der Waals surface area contributed by atoms with E-state index >= 15 is 0 Å². The molecule has 3 aromatic rings. The average Bonchev–Trinajstić information content (AvgIpc) is 2.68. The number of rotatable bonds is 6. The highest BCUT2D eigenvalue weighted by molar-refractivity contribution is 6.04. The maximum atomic E-state index is 12.3. The number of benzene rings is 1. The summed E-state index contributed by atoms with van der Waals surface area (Å²) in [5.74, 6) is -0.994. The van der Waals surface area contributed by atoms with Gasteiger partial charge < -0.3 is 15.8 Å². The highest BCUT2D eigenvalue weighted by Gasteiger charge is 2.07. The fourth-order valence-corrected chi connectivity index (χ4v) is 2.09. The first kappa shape index (κ1) is 14.6. The van der Waals surface area contributed by atoms with Crippen LogP contribution in [-0.4, -0.2) is 21.8 Å². The number of carbonyl (C=O) groups excluding carboxylic acids is 2. The lowest BCUT2D eigenvalue weighted by Crippen LogP contribution is -2.12. The van der Waals surface area contributed by atoms with Crippen LogP contribution in [0.25, 0.3) is 0 Å². The first-order chi connectivity index (χ1) is 13.3. The van der Waals surface area contributed by atoms with E-state index in [1.54, 1.807) is 24.3 Å². The molecule has 3 rings (SSSR count). The lowest BCUT2D eigenvalue weighted by molar-refractivity contribution is 0.0997. The molecule has 0 aliphatic carbocycles. The van der Waals surface area contributed by atoms with E-state index in [2.05, 4.69) is 15.3 Å². The Labute approximate surface area is 152 Å². The summed E-state index contributed by atoms with van der Waals surface area (Å²) >= 11 is 0. The monoisotopic (exact) mass is 350 g/mol. The van der Waals surface area contributed by atoms with E-state index in [-0.39, 0.29) is 22.8 Å². The zero-order valence-electron chi connectivity index (χ0n) is 15.5. The number of pyridine rings is 2. The molecule has 1 aromatic carbocycles. The fraction of sp³-hybridized carbons (Fsp3) is 0.0526. The third-order valence-electron chi connectivity index (χ3n) is 3.35. The van der Waals surface area contributed by atoms with Crippen LogP contribution in [0, 0.1) is 0 Å². The molecule has 7 heteroatoms. The van der Waals surface area contributed by atoms with Gasteiger partial charge in [0.15, 0.2) is 0 Å². The number of nitrogens with one attached hydrogen (secondary N) is 1. The van der Waals surface area contributed by atoms with E-state index in [0.29, 0.717) is 11.3 Å². The summed E-state index contributed by atoms with van der Waals surface area (Å²) in [7, 11) is 0. The van der Waals surface area contributed by atoms with Gasteiger partial charge in [0.2, 0.25) is 5.91 Å². The van der Waals surface area contributed by atoms with Crippen LogP contribution in [0.3, 0.4) is 0 Å². The Morgan fingerprint density at radius 1 is 1.08 bits per heavy atom. The summed E-state index contributed by atoms with van der Waals surface area (Å²) in [5.41, 5.74) is 6.30. The van der Waals surface area contributed by atoms with Crippen LogP contribution in [-0.2, 0) is 6.56 Å². The zero-order valence-corrected chi connectivity index (χ0v) is 13.5. The van der Waals surface area contributed by atoms with Crippen LogP contribution in [0.1, 0.15) is 29.0 Å². The number of ether oxygens (including phenoxy) is 1. The lowest BCUT2D eigenvalue weighted by atomic mass is 10.2. The van der Waals surface area contributed by atoms with Crippen molar-refractivity contribution in [3.05, 3.63) is 83.9 Å². The van der Waals surface area contributed by atoms with E-state index < -0.39 is 12.5 Å². The quantitative estimate of drug-likeness (QED) is 0.710. The molecule has 26 heavy (non-hydrogen) atoms. The molecule has 3 N–H and O–H groups in total. The smallest absolute Gasteiger partial charge is 0.255 e. The number of carbonyl (C=O) groups is 2. The fourth-order valence-electron chi connectivity index (χ4n) is 2.09. The number of hydrogen-bond donors (Lipinski definition) is 2. The molecule has 2 heterocycles. The van der Waals surface area contributed by atoms with Crippen molar-refractivity contribution in [3.63, 3.8) is 0 Å². The van der Waals surface area contributed by atoms with Crippen LogP contribution >= 0.6 is 0 Å². The predicted octanol–water partition coefficient (Wildman–Crippen LogP) is 2.41. The third kappa shape index (κ3) is 4.41. The number of hydrogen-bond acceptors (Lipinski definition) is 5. The van der Waals surface area contributed by atoms with Crippen molar-refractivity contribution in [1.29, 1.82) is 0 Å². The van der Waals surface area contributed by atoms with E-state index in [0.717, 1.165) is 0 Å². The third-order valence-corrected chi connectivity index (χ3v) is 3.35. The molecule has 2 amide bonds. The molecule has 0 unspecified atom stereocenters. The SMILES string of the molecule is [2H]C([2H])(Oc1cncc(C(N)=O)c1)c1cccc(NC(=O)c2ccncc2)c1. The second-order valence-electron chi connectivity index (χ2n) is 5.25. The Bertz CT molecular complexity index is 1010. The molecule has 0 aliphatic rings. The average molecular weight is 350 g/mol. The van der Waals surface area contributed by atoms with Gasteiger partial charge in [-0.2, -0.15) is 0 Å². The van der Waals surface area contributed by atoms with Crippen molar-refractivity contribution < 1.29 is 17.1 Å². The Hall–Kier alpha value is -3.74. The van der Waals surface area contributed by atoms with Crippen molar-refractivity contribution in [2.24, 2.45) is 5.73 Å².